The monoisotopic (exact) mass is 281 g/mol. The fourth-order valence-corrected chi connectivity index (χ4v) is 1.89. The molecule has 1 aromatic carbocycles. The van der Waals surface area contributed by atoms with E-state index in [1.54, 1.807) is 31.2 Å². The zero-order valence-corrected chi connectivity index (χ0v) is 11.2. The van der Waals surface area contributed by atoms with Gasteiger partial charge in [0.2, 0.25) is 0 Å². The highest BCUT2D eigenvalue weighted by molar-refractivity contribution is 6.30. The predicted octanol–water partition coefficient (Wildman–Crippen LogP) is 2.56. The molecule has 6 heteroatoms. The van der Waals surface area contributed by atoms with E-state index in [0.29, 0.717) is 16.3 Å². The summed E-state index contributed by atoms with van der Waals surface area (Å²) in [7, 11) is 1.28. The fourth-order valence-electron chi connectivity index (χ4n) is 1.76. The smallest absolute Gasteiger partial charge is 0.416 e. The van der Waals surface area contributed by atoms with Crippen LogP contribution in [0.25, 0.3) is 11.3 Å². The van der Waals surface area contributed by atoms with Gasteiger partial charge in [0, 0.05) is 10.6 Å². The lowest BCUT2D eigenvalue weighted by Gasteiger charge is -2.08. The van der Waals surface area contributed by atoms with Crippen molar-refractivity contribution in [3.05, 3.63) is 45.6 Å². The number of ether oxygens (including phenoxy) is 1. The second-order valence-electron chi connectivity index (χ2n) is 4.01. The van der Waals surface area contributed by atoms with Crippen LogP contribution in [0.2, 0.25) is 5.02 Å². The van der Waals surface area contributed by atoms with E-state index >= 15 is 0 Å². The van der Waals surface area contributed by atoms with Crippen molar-refractivity contribution in [3.8, 4) is 11.3 Å². The van der Waals surface area contributed by atoms with E-state index < -0.39 is 17.6 Å². The number of rotatable bonds is 3. The zero-order chi connectivity index (χ0) is 14.0. The first-order chi connectivity index (χ1) is 9.02. The molecule has 0 saturated carbocycles. The fraction of sp³-hybridized carbons (Fsp3) is 0.231. The lowest BCUT2D eigenvalue weighted by atomic mass is 10.0. The quantitative estimate of drug-likeness (QED) is 0.878. The molecule has 1 atom stereocenters. The molecular weight excluding hydrogens is 270 g/mol. The molecule has 1 aromatic heterocycles. The SMILES string of the molecule is COC(=O)C(C)c1oc(=O)[nH]c1-c1ccc(Cl)cc1. The zero-order valence-electron chi connectivity index (χ0n) is 10.4. The largest absolute Gasteiger partial charge is 0.468 e. The number of nitrogens with one attached hydrogen (secondary N) is 1. The Labute approximate surface area is 114 Å². The summed E-state index contributed by atoms with van der Waals surface area (Å²) >= 11 is 5.81. The summed E-state index contributed by atoms with van der Waals surface area (Å²) in [5.41, 5.74) is 1.17. The van der Waals surface area contributed by atoms with E-state index in [9.17, 15) is 9.59 Å². The summed E-state index contributed by atoms with van der Waals surface area (Å²) in [6.07, 6.45) is 0. The van der Waals surface area contributed by atoms with Gasteiger partial charge >= 0.3 is 11.7 Å². The van der Waals surface area contributed by atoms with Crippen LogP contribution in [0.1, 0.15) is 18.6 Å². The van der Waals surface area contributed by atoms with E-state index in [-0.39, 0.29) is 5.76 Å². The van der Waals surface area contributed by atoms with E-state index in [2.05, 4.69) is 9.72 Å². The maximum atomic E-state index is 11.5. The van der Waals surface area contributed by atoms with Gasteiger partial charge in [-0.2, -0.15) is 0 Å². The third-order valence-electron chi connectivity index (χ3n) is 2.76. The highest BCUT2D eigenvalue weighted by atomic mass is 35.5. The van der Waals surface area contributed by atoms with Gasteiger partial charge in [-0.05, 0) is 19.1 Å². The van der Waals surface area contributed by atoms with Crippen LogP contribution in [0, 0.1) is 0 Å². The van der Waals surface area contributed by atoms with Gasteiger partial charge in [0.1, 0.15) is 11.7 Å². The van der Waals surface area contributed by atoms with Crippen LogP contribution in [0.4, 0.5) is 0 Å². The van der Waals surface area contributed by atoms with Gasteiger partial charge in [-0.15, -0.1) is 0 Å². The standard InChI is InChI=1S/C13H12ClNO4/c1-7(12(16)18-2)11-10(15-13(17)19-11)8-3-5-9(14)6-4-8/h3-7H,1-2H3,(H,15,17). The minimum Gasteiger partial charge on any atom is -0.468 e. The van der Waals surface area contributed by atoms with Gasteiger partial charge in [-0.25, -0.2) is 4.79 Å². The summed E-state index contributed by atoms with van der Waals surface area (Å²) in [5, 5.41) is 0.581. The van der Waals surface area contributed by atoms with Crippen molar-refractivity contribution in [2.24, 2.45) is 0 Å². The number of hydrogen-bond acceptors (Lipinski definition) is 4. The van der Waals surface area contributed by atoms with Crippen LogP contribution >= 0.6 is 11.6 Å². The maximum Gasteiger partial charge on any atom is 0.416 e. The molecule has 2 aromatic rings. The summed E-state index contributed by atoms with van der Waals surface area (Å²) in [6.45, 7) is 1.61. The Balaban J connectivity index is 2.49. The Morgan fingerprint density at radius 3 is 2.58 bits per heavy atom. The molecule has 0 aliphatic rings. The number of hydrogen-bond donors (Lipinski definition) is 1. The summed E-state index contributed by atoms with van der Waals surface area (Å²) < 4.78 is 9.69. The van der Waals surface area contributed by atoms with E-state index in [0.717, 1.165) is 0 Å². The van der Waals surface area contributed by atoms with Crippen molar-refractivity contribution in [1.82, 2.24) is 4.98 Å². The Bertz CT molecular complexity index is 641. The summed E-state index contributed by atoms with van der Waals surface area (Å²) in [4.78, 5) is 25.5. The molecular formula is C13H12ClNO4. The molecule has 0 saturated heterocycles. The predicted molar refractivity (Wildman–Crippen MR) is 70.2 cm³/mol. The van der Waals surface area contributed by atoms with Crippen LogP contribution in [0.15, 0.2) is 33.5 Å². The van der Waals surface area contributed by atoms with Crippen molar-refractivity contribution >= 4 is 17.6 Å². The lowest BCUT2D eigenvalue weighted by molar-refractivity contribution is -0.142. The van der Waals surface area contributed by atoms with Crippen molar-refractivity contribution in [2.45, 2.75) is 12.8 Å². The van der Waals surface area contributed by atoms with Gasteiger partial charge in [0.15, 0.2) is 0 Å². The number of oxazole rings is 1. The summed E-state index contributed by atoms with van der Waals surface area (Å²) in [5.74, 6) is -1.51. The molecule has 1 unspecified atom stereocenters. The van der Waals surface area contributed by atoms with Crippen LogP contribution in [-0.4, -0.2) is 18.1 Å². The highest BCUT2D eigenvalue weighted by Crippen LogP contribution is 2.28. The van der Waals surface area contributed by atoms with Gasteiger partial charge in [0.25, 0.3) is 0 Å². The second kappa shape index (κ2) is 5.32. The Morgan fingerprint density at radius 2 is 2.00 bits per heavy atom. The molecule has 0 fully saturated rings. The number of H-pyrrole nitrogens is 1. The average molecular weight is 282 g/mol. The van der Waals surface area contributed by atoms with E-state index in [1.165, 1.54) is 7.11 Å². The molecule has 0 spiro atoms. The second-order valence-corrected chi connectivity index (χ2v) is 4.44. The van der Waals surface area contributed by atoms with Crippen LogP contribution < -0.4 is 5.76 Å². The van der Waals surface area contributed by atoms with Crippen LogP contribution in [0.3, 0.4) is 0 Å². The van der Waals surface area contributed by atoms with Crippen molar-refractivity contribution < 1.29 is 13.9 Å². The topological polar surface area (TPSA) is 72.3 Å². The van der Waals surface area contributed by atoms with Crippen LogP contribution in [-0.2, 0) is 9.53 Å². The van der Waals surface area contributed by atoms with Gasteiger partial charge in [-0.1, -0.05) is 23.7 Å². The number of aromatic amines is 1. The molecule has 0 amide bonds. The van der Waals surface area contributed by atoms with Gasteiger partial charge < -0.3 is 9.15 Å². The van der Waals surface area contributed by atoms with Gasteiger partial charge in [0.05, 0.1) is 12.8 Å². The molecule has 100 valence electrons. The number of esters is 1. The minimum atomic E-state index is -0.672. The Hall–Kier alpha value is -2.01. The molecule has 1 heterocycles. The normalized spacial score (nSPS) is 12.2. The van der Waals surface area contributed by atoms with Crippen LogP contribution in [0.5, 0.6) is 0 Å². The van der Waals surface area contributed by atoms with Crippen molar-refractivity contribution in [2.75, 3.05) is 7.11 Å². The number of carbonyl (C=O) groups is 1. The molecule has 1 N–H and O–H groups in total. The third-order valence-corrected chi connectivity index (χ3v) is 3.01. The molecule has 19 heavy (non-hydrogen) atoms. The molecule has 0 aliphatic heterocycles. The first-order valence-corrected chi connectivity index (χ1v) is 5.97. The molecule has 0 radical (unpaired) electrons. The lowest BCUT2D eigenvalue weighted by Crippen LogP contribution is -2.11. The molecule has 0 bridgehead atoms. The molecule has 5 nitrogen and oxygen atoms in total. The van der Waals surface area contributed by atoms with Crippen molar-refractivity contribution in [1.29, 1.82) is 0 Å². The highest BCUT2D eigenvalue weighted by Gasteiger charge is 2.24. The number of aromatic nitrogens is 1. The Kier molecular flexibility index (Phi) is 3.76. The summed E-state index contributed by atoms with van der Waals surface area (Å²) in [6, 6.07) is 6.84. The molecule has 0 aliphatic carbocycles. The number of carbonyl (C=O) groups excluding carboxylic acids is 1. The number of halogens is 1. The van der Waals surface area contributed by atoms with E-state index in [4.69, 9.17) is 16.0 Å². The third kappa shape index (κ3) is 2.71. The van der Waals surface area contributed by atoms with Crippen molar-refractivity contribution in [3.63, 3.8) is 0 Å². The number of benzene rings is 1. The van der Waals surface area contributed by atoms with Gasteiger partial charge in [-0.3, -0.25) is 9.78 Å². The first-order valence-electron chi connectivity index (χ1n) is 5.59. The Morgan fingerprint density at radius 1 is 1.37 bits per heavy atom. The number of methoxy groups -OCH3 is 1. The maximum absolute atomic E-state index is 11.5. The average Bonchev–Trinajstić information content (AvgIpc) is 2.80. The first kappa shape index (κ1) is 13.4. The van der Waals surface area contributed by atoms with E-state index in [1.807, 2.05) is 0 Å². The minimum absolute atomic E-state index is 0.249. The molecule has 2 rings (SSSR count).